The van der Waals surface area contributed by atoms with Gasteiger partial charge in [-0.2, -0.15) is 18.4 Å². The second-order valence-electron chi connectivity index (χ2n) is 3.84. The molecule has 1 aromatic carbocycles. The Morgan fingerprint density at radius 2 is 2.20 bits per heavy atom. The molecule has 20 heavy (non-hydrogen) atoms. The molecule has 2 amide bonds. The molecule has 0 saturated carbocycles. The molecule has 1 N–H and O–H groups in total. The summed E-state index contributed by atoms with van der Waals surface area (Å²) in [5, 5.41) is 10.9. The van der Waals surface area contributed by atoms with E-state index in [0.717, 1.165) is 0 Å². The molecular weight excluding hydrogens is 291 g/mol. The molecule has 0 saturated heterocycles. The first-order valence-electron chi connectivity index (χ1n) is 5.56. The second kappa shape index (κ2) is 7.05. The van der Waals surface area contributed by atoms with E-state index in [1.807, 2.05) is 6.07 Å². The lowest BCUT2D eigenvalue weighted by Gasteiger charge is -2.16. The topological polar surface area (TPSA) is 56.1 Å². The van der Waals surface area contributed by atoms with Crippen molar-refractivity contribution in [3.63, 3.8) is 0 Å². The number of rotatable bonds is 4. The molecule has 1 aromatic rings. The maximum absolute atomic E-state index is 12.2. The standard InChI is InChI=1S/C12H12F3N3OS/c1-18(7-3-6-16)11(19)17-9-4-2-5-10(8-9)20-12(13,14)15/h2,4-5,8H,3,7H2,1H3,(H,17,19). The fourth-order valence-electron chi connectivity index (χ4n) is 1.31. The molecule has 0 aliphatic heterocycles. The van der Waals surface area contributed by atoms with Crippen LogP contribution in [-0.2, 0) is 0 Å². The van der Waals surface area contributed by atoms with Crippen molar-refractivity contribution in [2.45, 2.75) is 16.8 Å². The van der Waals surface area contributed by atoms with Crippen LogP contribution in [0.15, 0.2) is 29.2 Å². The quantitative estimate of drug-likeness (QED) is 0.863. The molecule has 0 aromatic heterocycles. The van der Waals surface area contributed by atoms with Crippen LogP contribution in [0.3, 0.4) is 0 Å². The SMILES string of the molecule is CN(CCC#N)C(=O)Nc1cccc(SC(F)(F)F)c1. The van der Waals surface area contributed by atoms with Gasteiger partial charge in [0.25, 0.3) is 0 Å². The third-order valence-corrected chi connectivity index (χ3v) is 2.95. The Balaban J connectivity index is 2.66. The Hall–Kier alpha value is -1.88. The third kappa shape index (κ3) is 5.84. The van der Waals surface area contributed by atoms with Gasteiger partial charge in [-0.3, -0.25) is 0 Å². The summed E-state index contributed by atoms with van der Waals surface area (Å²) in [6.45, 7) is 0.249. The maximum Gasteiger partial charge on any atom is 0.446 e. The number of nitrogens with one attached hydrogen (secondary N) is 1. The number of hydrogen-bond acceptors (Lipinski definition) is 3. The first kappa shape index (κ1) is 16.2. The lowest BCUT2D eigenvalue weighted by molar-refractivity contribution is -0.0328. The normalized spacial score (nSPS) is 10.8. The Morgan fingerprint density at radius 1 is 1.50 bits per heavy atom. The van der Waals surface area contributed by atoms with Crippen LogP contribution in [0.4, 0.5) is 23.7 Å². The highest BCUT2D eigenvalue weighted by Crippen LogP contribution is 2.37. The molecule has 0 atom stereocenters. The van der Waals surface area contributed by atoms with Crippen molar-refractivity contribution < 1.29 is 18.0 Å². The minimum absolute atomic E-state index is 0.00465. The zero-order valence-electron chi connectivity index (χ0n) is 10.6. The van der Waals surface area contributed by atoms with E-state index in [4.69, 9.17) is 5.26 Å². The van der Waals surface area contributed by atoms with Crippen molar-refractivity contribution in [3.8, 4) is 6.07 Å². The van der Waals surface area contributed by atoms with Crippen molar-refractivity contribution in [1.29, 1.82) is 5.26 Å². The fraction of sp³-hybridized carbons (Fsp3) is 0.333. The van der Waals surface area contributed by atoms with E-state index >= 15 is 0 Å². The van der Waals surface area contributed by atoms with Crippen LogP contribution in [0.25, 0.3) is 0 Å². The number of amides is 2. The number of carbonyl (C=O) groups is 1. The van der Waals surface area contributed by atoms with Crippen LogP contribution in [0.1, 0.15) is 6.42 Å². The van der Waals surface area contributed by atoms with Crippen LogP contribution in [0.5, 0.6) is 0 Å². The molecule has 0 bridgehead atoms. The van der Waals surface area contributed by atoms with E-state index in [2.05, 4.69) is 5.32 Å². The van der Waals surface area contributed by atoms with E-state index < -0.39 is 11.5 Å². The molecule has 1 rings (SSSR count). The Kier molecular flexibility index (Phi) is 5.70. The smallest absolute Gasteiger partial charge is 0.327 e. The van der Waals surface area contributed by atoms with E-state index in [1.165, 1.54) is 36.2 Å². The minimum Gasteiger partial charge on any atom is -0.327 e. The number of thioether (sulfide) groups is 1. The van der Waals surface area contributed by atoms with Crippen LogP contribution < -0.4 is 5.32 Å². The van der Waals surface area contributed by atoms with Crippen LogP contribution in [0, 0.1) is 11.3 Å². The number of anilines is 1. The minimum atomic E-state index is -4.37. The molecule has 108 valence electrons. The average Bonchev–Trinajstić information content (AvgIpc) is 2.34. The first-order chi connectivity index (χ1) is 9.31. The molecule has 0 fully saturated rings. The number of halogens is 3. The van der Waals surface area contributed by atoms with Gasteiger partial charge in [0.15, 0.2) is 0 Å². The van der Waals surface area contributed by atoms with E-state index in [0.29, 0.717) is 0 Å². The predicted molar refractivity (Wildman–Crippen MR) is 70.2 cm³/mol. The Morgan fingerprint density at radius 3 is 2.80 bits per heavy atom. The zero-order chi connectivity index (χ0) is 15.2. The monoisotopic (exact) mass is 303 g/mol. The number of nitrogens with zero attached hydrogens (tertiary/aromatic N) is 2. The summed E-state index contributed by atoms with van der Waals surface area (Å²) in [7, 11) is 1.50. The highest BCUT2D eigenvalue weighted by Gasteiger charge is 2.29. The van der Waals surface area contributed by atoms with Gasteiger partial charge in [-0.25, -0.2) is 4.79 Å². The van der Waals surface area contributed by atoms with Crippen LogP contribution >= 0.6 is 11.8 Å². The van der Waals surface area contributed by atoms with Crippen molar-refractivity contribution in [2.75, 3.05) is 18.9 Å². The summed E-state index contributed by atoms with van der Waals surface area (Å²) >= 11 is -0.244. The third-order valence-electron chi connectivity index (χ3n) is 2.22. The number of alkyl halides is 3. The molecule has 0 unspecified atom stereocenters. The molecule has 8 heteroatoms. The van der Waals surface area contributed by atoms with Gasteiger partial charge in [0, 0.05) is 24.2 Å². The number of nitriles is 1. The number of benzene rings is 1. The molecule has 0 radical (unpaired) electrons. The summed E-state index contributed by atoms with van der Waals surface area (Å²) in [5.41, 5.74) is -4.10. The highest BCUT2D eigenvalue weighted by atomic mass is 32.2. The van der Waals surface area contributed by atoms with Crippen molar-refractivity contribution in [2.24, 2.45) is 0 Å². The van der Waals surface area contributed by atoms with Gasteiger partial charge in [-0.05, 0) is 30.0 Å². The Bertz CT molecular complexity index is 513. The lowest BCUT2D eigenvalue weighted by Crippen LogP contribution is -2.31. The number of hydrogen-bond donors (Lipinski definition) is 1. The fourth-order valence-corrected chi connectivity index (χ4v) is 1.91. The van der Waals surface area contributed by atoms with Crippen molar-refractivity contribution in [1.82, 2.24) is 4.90 Å². The van der Waals surface area contributed by atoms with Gasteiger partial charge in [0.05, 0.1) is 12.5 Å². The molecule has 0 aliphatic carbocycles. The van der Waals surface area contributed by atoms with Crippen molar-refractivity contribution in [3.05, 3.63) is 24.3 Å². The second-order valence-corrected chi connectivity index (χ2v) is 4.97. The summed E-state index contributed by atoms with van der Waals surface area (Å²) < 4.78 is 36.7. The van der Waals surface area contributed by atoms with Gasteiger partial charge in [0.1, 0.15) is 0 Å². The molecule has 0 spiro atoms. The largest absolute Gasteiger partial charge is 0.446 e. The zero-order valence-corrected chi connectivity index (χ0v) is 11.4. The molecule has 4 nitrogen and oxygen atoms in total. The van der Waals surface area contributed by atoms with E-state index in [1.54, 1.807) is 0 Å². The molecular formula is C12H12F3N3OS. The summed E-state index contributed by atoms with van der Waals surface area (Å²) in [6.07, 6.45) is 0.188. The maximum atomic E-state index is 12.2. The van der Waals surface area contributed by atoms with Gasteiger partial charge in [-0.1, -0.05) is 6.07 Å². The summed E-state index contributed by atoms with van der Waals surface area (Å²) in [4.78, 5) is 13.0. The number of carbonyl (C=O) groups excluding carboxylic acids is 1. The number of urea groups is 1. The molecule has 0 aliphatic rings. The van der Waals surface area contributed by atoms with Crippen LogP contribution in [0.2, 0.25) is 0 Å². The summed E-state index contributed by atoms with van der Waals surface area (Å²) in [5.74, 6) is 0. The summed E-state index contributed by atoms with van der Waals surface area (Å²) in [6, 6.07) is 6.91. The van der Waals surface area contributed by atoms with Gasteiger partial charge < -0.3 is 10.2 Å². The van der Waals surface area contributed by atoms with Gasteiger partial charge in [0.2, 0.25) is 0 Å². The van der Waals surface area contributed by atoms with Gasteiger partial charge >= 0.3 is 11.5 Å². The van der Waals surface area contributed by atoms with E-state index in [-0.39, 0.29) is 35.3 Å². The first-order valence-corrected chi connectivity index (χ1v) is 6.38. The Labute approximate surface area is 118 Å². The van der Waals surface area contributed by atoms with E-state index in [9.17, 15) is 18.0 Å². The highest BCUT2D eigenvalue weighted by molar-refractivity contribution is 8.00. The predicted octanol–water partition coefficient (Wildman–Crippen LogP) is 3.68. The average molecular weight is 303 g/mol. The van der Waals surface area contributed by atoms with Crippen LogP contribution in [-0.4, -0.2) is 30.0 Å². The lowest BCUT2D eigenvalue weighted by atomic mass is 10.3. The molecule has 0 heterocycles. The van der Waals surface area contributed by atoms with Crippen molar-refractivity contribution >= 4 is 23.5 Å². The van der Waals surface area contributed by atoms with Gasteiger partial charge in [-0.15, -0.1) is 0 Å².